The maximum absolute atomic E-state index is 12.0. The molecule has 3 N–H and O–H groups in total. The zero-order valence-electron chi connectivity index (χ0n) is 12.8. The summed E-state index contributed by atoms with van der Waals surface area (Å²) in [6.45, 7) is 2.96. The summed E-state index contributed by atoms with van der Waals surface area (Å²) in [5, 5.41) is 13.9. The van der Waals surface area contributed by atoms with E-state index in [1.807, 2.05) is 0 Å². The monoisotopic (exact) mass is 322 g/mol. The molecule has 1 aromatic carbocycles. The van der Waals surface area contributed by atoms with E-state index < -0.39 is 29.7 Å². The van der Waals surface area contributed by atoms with Gasteiger partial charge in [0.25, 0.3) is 5.91 Å². The van der Waals surface area contributed by atoms with Gasteiger partial charge in [-0.25, -0.2) is 0 Å². The van der Waals surface area contributed by atoms with Gasteiger partial charge in [-0.15, -0.1) is 0 Å². The number of aliphatic carboxylic acids is 1. The molecule has 0 fully saturated rings. The SMILES string of the molecule is CC(NC(=O)CNC(=O)c1ccc2c(c1)OCO2)C(C)C(=O)O. The molecule has 2 unspecified atom stereocenters. The Labute approximate surface area is 132 Å². The second-order valence-electron chi connectivity index (χ2n) is 5.23. The van der Waals surface area contributed by atoms with Crippen molar-refractivity contribution in [3.63, 3.8) is 0 Å². The Kier molecular flexibility index (Phi) is 5.05. The predicted octanol–water partition coefficient (Wildman–Crippen LogP) is 0.370. The van der Waals surface area contributed by atoms with Gasteiger partial charge in [0.2, 0.25) is 12.7 Å². The van der Waals surface area contributed by atoms with Crippen molar-refractivity contribution in [1.29, 1.82) is 0 Å². The van der Waals surface area contributed by atoms with Gasteiger partial charge < -0.3 is 25.2 Å². The van der Waals surface area contributed by atoms with E-state index in [0.29, 0.717) is 17.1 Å². The van der Waals surface area contributed by atoms with Gasteiger partial charge in [-0.2, -0.15) is 0 Å². The first-order valence-electron chi connectivity index (χ1n) is 7.08. The normalized spacial score (nSPS) is 14.7. The van der Waals surface area contributed by atoms with E-state index in [0.717, 1.165) is 0 Å². The second kappa shape index (κ2) is 6.99. The van der Waals surface area contributed by atoms with E-state index in [9.17, 15) is 14.4 Å². The van der Waals surface area contributed by atoms with Crippen LogP contribution in [0.5, 0.6) is 11.5 Å². The number of hydrogen-bond acceptors (Lipinski definition) is 5. The lowest BCUT2D eigenvalue weighted by atomic mass is 10.0. The minimum Gasteiger partial charge on any atom is -0.481 e. The molecule has 1 aromatic rings. The van der Waals surface area contributed by atoms with Gasteiger partial charge in [0, 0.05) is 11.6 Å². The van der Waals surface area contributed by atoms with E-state index in [1.165, 1.54) is 13.0 Å². The quantitative estimate of drug-likeness (QED) is 0.697. The van der Waals surface area contributed by atoms with Crippen LogP contribution in [0.25, 0.3) is 0 Å². The number of benzene rings is 1. The van der Waals surface area contributed by atoms with Crippen LogP contribution in [0.2, 0.25) is 0 Å². The molecule has 0 spiro atoms. The predicted molar refractivity (Wildman–Crippen MR) is 79.3 cm³/mol. The summed E-state index contributed by atoms with van der Waals surface area (Å²) in [5.74, 6) is -1.57. The number of carboxylic acid groups (broad SMARTS) is 1. The molecule has 8 nitrogen and oxygen atoms in total. The number of carbonyl (C=O) groups is 3. The molecular weight excluding hydrogens is 304 g/mol. The third-order valence-electron chi connectivity index (χ3n) is 3.57. The number of rotatable bonds is 6. The molecule has 0 aliphatic carbocycles. The van der Waals surface area contributed by atoms with Crippen molar-refractivity contribution in [2.24, 2.45) is 5.92 Å². The van der Waals surface area contributed by atoms with E-state index >= 15 is 0 Å². The van der Waals surface area contributed by atoms with Crippen molar-refractivity contribution in [2.45, 2.75) is 19.9 Å². The van der Waals surface area contributed by atoms with Crippen molar-refractivity contribution in [1.82, 2.24) is 10.6 Å². The molecule has 1 heterocycles. The molecule has 2 amide bonds. The Bertz CT molecular complexity index is 630. The summed E-state index contributed by atoms with van der Waals surface area (Å²) in [6.07, 6.45) is 0. The topological polar surface area (TPSA) is 114 Å². The van der Waals surface area contributed by atoms with Crippen molar-refractivity contribution in [2.75, 3.05) is 13.3 Å². The molecule has 1 aliphatic heterocycles. The maximum atomic E-state index is 12.0. The lowest BCUT2D eigenvalue weighted by Crippen LogP contribution is -2.44. The lowest BCUT2D eigenvalue weighted by Gasteiger charge is -2.17. The average Bonchev–Trinajstić information content (AvgIpc) is 2.99. The highest BCUT2D eigenvalue weighted by atomic mass is 16.7. The molecular formula is C15H18N2O6. The van der Waals surface area contributed by atoms with E-state index in [-0.39, 0.29) is 13.3 Å². The summed E-state index contributed by atoms with van der Waals surface area (Å²) < 4.78 is 10.3. The highest BCUT2D eigenvalue weighted by molar-refractivity contribution is 5.97. The molecule has 1 aliphatic rings. The highest BCUT2D eigenvalue weighted by Crippen LogP contribution is 2.32. The van der Waals surface area contributed by atoms with Gasteiger partial charge >= 0.3 is 5.97 Å². The fourth-order valence-electron chi connectivity index (χ4n) is 1.94. The molecule has 23 heavy (non-hydrogen) atoms. The highest BCUT2D eigenvalue weighted by Gasteiger charge is 2.21. The van der Waals surface area contributed by atoms with Crippen LogP contribution >= 0.6 is 0 Å². The zero-order valence-corrected chi connectivity index (χ0v) is 12.8. The van der Waals surface area contributed by atoms with Crippen molar-refractivity contribution < 1.29 is 29.0 Å². The van der Waals surface area contributed by atoms with Crippen LogP contribution in [0.15, 0.2) is 18.2 Å². The number of hydrogen-bond donors (Lipinski definition) is 3. The van der Waals surface area contributed by atoms with Crippen LogP contribution in [0.4, 0.5) is 0 Å². The van der Waals surface area contributed by atoms with Gasteiger partial charge in [-0.05, 0) is 32.0 Å². The number of nitrogens with one attached hydrogen (secondary N) is 2. The lowest BCUT2D eigenvalue weighted by molar-refractivity contribution is -0.142. The van der Waals surface area contributed by atoms with Crippen molar-refractivity contribution in [3.8, 4) is 11.5 Å². The van der Waals surface area contributed by atoms with E-state index in [4.69, 9.17) is 14.6 Å². The molecule has 124 valence electrons. The molecule has 0 bridgehead atoms. The van der Waals surface area contributed by atoms with E-state index in [2.05, 4.69) is 10.6 Å². The summed E-state index contributed by atoms with van der Waals surface area (Å²) in [4.78, 5) is 34.6. The first-order valence-corrected chi connectivity index (χ1v) is 7.08. The maximum Gasteiger partial charge on any atom is 0.308 e. The molecule has 0 aromatic heterocycles. The Balaban J connectivity index is 1.84. The zero-order chi connectivity index (χ0) is 17.0. The number of ether oxygens (including phenoxy) is 2. The third-order valence-corrected chi connectivity index (χ3v) is 3.57. The molecule has 0 radical (unpaired) electrons. The Morgan fingerprint density at radius 3 is 2.61 bits per heavy atom. The number of carbonyl (C=O) groups excluding carboxylic acids is 2. The first-order chi connectivity index (χ1) is 10.9. The Morgan fingerprint density at radius 1 is 1.22 bits per heavy atom. The molecule has 0 saturated heterocycles. The number of amides is 2. The van der Waals surface area contributed by atoms with Gasteiger partial charge in [-0.1, -0.05) is 0 Å². The third kappa shape index (κ3) is 4.12. The summed E-state index contributed by atoms with van der Waals surface area (Å²) in [5.41, 5.74) is 0.342. The summed E-state index contributed by atoms with van der Waals surface area (Å²) in [7, 11) is 0. The largest absolute Gasteiger partial charge is 0.481 e. The van der Waals surface area contributed by atoms with Gasteiger partial charge in [0.05, 0.1) is 12.5 Å². The van der Waals surface area contributed by atoms with Crippen LogP contribution in [0, 0.1) is 5.92 Å². The summed E-state index contributed by atoms with van der Waals surface area (Å²) in [6, 6.07) is 4.18. The Hall–Kier alpha value is -2.77. The van der Waals surface area contributed by atoms with Crippen LogP contribution in [0.3, 0.4) is 0 Å². The van der Waals surface area contributed by atoms with Crippen molar-refractivity contribution >= 4 is 17.8 Å². The minimum atomic E-state index is -0.998. The van der Waals surface area contributed by atoms with Crippen LogP contribution < -0.4 is 20.1 Å². The standard InChI is InChI=1S/C15H18N2O6/c1-8(15(20)21)9(2)17-13(18)6-16-14(19)10-3-4-11-12(5-10)23-7-22-11/h3-5,8-9H,6-7H2,1-2H3,(H,16,19)(H,17,18)(H,20,21). The van der Waals surface area contributed by atoms with E-state index in [1.54, 1.807) is 19.1 Å². The Morgan fingerprint density at radius 2 is 1.91 bits per heavy atom. The fourth-order valence-corrected chi connectivity index (χ4v) is 1.94. The van der Waals surface area contributed by atoms with Crippen LogP contribution in [0.1, 0.15) is 24.2 Å². The van der Waals surface area contributed by atoms with Gasteiger partial charge in [0.1, 0.15) is 0 Å². The van der Waals surface area contributed by atoms with Crippen LogP contribution in [-0.4, -0.2) is 42.3 Å². The van der Waals surface area contributed by atoms with Crippen LogP contribution in [-0.2, 0) is 9.59 Å². The fraction of sp³-hybridized carbons (Fsp3) is 0.400. The molecule has 2 atom stereocenters. The number of carboxylic acids is 1. The first kappa shape index (κ1) is 16.6. The van der Waals surface area contributed by atoms with Gasteiger partial charge in [0.15, 0.2) is 11.5 Å². The number of fused-ring (bicyclic) bond motifs is 1. The second-order valence-corrected chi connectivity index (χ2v) is 5.23. The van der Waals surface area contributed by atoms with Gasteiger partial charge in [-0.3, -0.25) is 14.4 Å². The molecule has 8 heteroatoms. The molecule has 2 rings (SSSR count). The smallest absolute Gasteiger partial charge is 0.308 e. The summed E-state index contributed by atoms with van der Waals surface area (Å²) >= 11 is 0. The molecule has 0 saturated carbocycles. The average molecular weight is 322 g/mol. The van der Waals surface area contributed by atoms with Crippen molar-refractivity contribution in [3.05, 3.63) is 23.8 Å². The minimum absolute atomic E-state index is 0.114.